The Hall–Kier alpha value is -1.53. The Labute approximate surface area is 122 Å². The minimum absolute atomic E-state index is 0.157. The molecule has 0 aliphatic carbocycles. The standard InChI is InChI=1S/C14H20N4OS/c1-4-18-13(19)16-17-14(18)20-12-6-5-11(7-9(12)2)8-10(3)15/h5-7,10H,4,8,15H2,1-3H3,(H,16,19). The van der Waals surface area contributed by atoms with Crippen LogP contribution in [0.15, 0.2) is 33.0 Å². The molecule has 0 aliphatic heterocycles. The molecule has 1 aromatic carbocycles. The Morgan fingerprint density at radius 2 is 2.25 bits per heavy atom. The minimum atomic E-state index is -0.166. The first kappa shape index (κ1) is 14.9. The van der Waals surface area contributed by atoms with Crippen LogP contribution < -0.4 is 11.4 Å². The van der Waals surface area contributed by atoms with E-state index in [1.807, 2.05) is 13.8 Å². The fourth-order valence-corrected chi connectivity index (χ4v) is 3.05. The normalized spacial score (nSPS) is 12.6. The first-order chi connectivity index (χ1) is 9.51. The SMILES string of the molecule is CCn1c(Sc2ccc(CC(C)N)cc2C)n[nH]c1=O. The van der Waals surface area contributed by atoms with Crippen LogP contribution in [0.5, 0.6) is 0 Å². The average Bonchev–Trinajstić information content (AvgIpc) is 2.72. The van der Waals surface area contributed by atoms with Gasteiger partial charge in [-0.05, 0) is 56.1 Å². The number of H-pyrrole nitrogens is 1. The zero-order chi connectivity index (χ0) is 14.7. The van der Waals surface area contributed by atoms with E-state index in [0.29, 0.717) is 11.7 Å². The third-order valence-electron chi connectivity index (χ3n) is 3.04. The molecule has 108 valence electrons. The van der Waals surface area contributed by atoms with E-state index in [4.69, 9.17) is 5.73 Å². The maximum atomic E-state index is 11.5. The number of nitrogens with two attached hydrogens (primary N) is 1. The van der Waals surface area contributed by atoms with Gasteiger partial charge in [0.25, 0.3) is 0 Å². The summed E-state index contributed by atoms with van der Waals surface area (Å²) in [5, 5.41) is 7.24. The van der Waals surface area contributed by atoms with Crippen LogP contribution >= 0.6 is 11.8 Å². The lowest BCUT2D eigenvalue weighted by atomic mass is 10.1. The average molecular weight is 292 g/mol. The molecule has 0 radical (unpaired) electrons. The van der Waals surface area contributed by atoms with Crippen molar-refractivity contribution in [2.24, 2.45) is 5.73 Å². The fourth-order valence-electron chi connectivity index (χ4n) is 2.08. The lowest BCUT2D eigenvalue weighted by Crippen LogP contribution is -2.17. The van der Waals surface area contributed by atoms with Crippen molar-refractivity contribution >= 4 is 11.8 Å². The number of aryl methyl sites for hydroxylation is 1. The molecular formula is C14H20N4OS. The second kappa shape index (κ2) is 6.28. The molecule has 0 saturated heterocycles. The first-order valence-corrected chi connectivity index (χ1v) is 7.51. The summed E-state index contributed by atoms with van der Waals surface area (Å²) in [6.45, 7) is 6.61. The summed E-state index contributed by atoms with van der Waals surface area (Å²) in [6, 6.07) is 6.45. The largest absolute Gasteiger partial charge is 0.343 e. The van der Waals surface area contributed by atoms with Crippen molar-refractivity contribution in [2.45, 2.75) is 49.8 Å². The van der Waals surface area contributed by atoms with E-state index in [2.05, 4.69) is 35.3 Å². The monoisotopic (exact) mass is 292 g/mol. The van der Waals surface area contributed by atoms with Crippen molar-refractivity contribution in [1.29, 1.82) is 0 Å². The van der Waals surface area contributed by atoms with Gasteiger partial charge in [0.2, 0.25) is 0 Å². The van der Waals surface area contributed by atoms with E-state index in [9.17, 15) is 4.79 Å². The maximum Gasteiger partial charge on any atom is 0.343 e. The summed E-state index contributed by atoms with van der Waals surface area (Å²) in [6.07, 6.45) is 0.869. The molecule has 3 N–H and O–H groups in total. The van der Waals surface area contributed by atoms with Crippen LogP contribution in [0.25, 0.3) is 0 Å². The molecule has 0 aliphatic rings. The highest BCUT2D eigenvalue weighted by Gasteiger charge is 2.10. The van der Waals surface area contributed by atoms with Gasteiger partial charge in [-0.3, -0.25) is 4.57 Å². The van der Waals surface area contributed by atoms with Crippen LogP contribution in [0.1, 0.15) is 25.0 Å². The van der Waals surface area contributed by atoms with Gasteiger partial charge < -0.3 is 5.73 Å². The van der Waals surface area contributed by atoms with Gasteiger partial charge in [-0.15, -0.1) is 5.10 Å². The summed E-state index contributed by atoms with van der Waals surface area (Å²) in [5.74, 6) is 0. The number of benzene rings is 1. The molecule has 1 unspecified atom stereocenters. The Morgan fingerprint density at radius 1 is 1.50 bits per heavy atom. The van der Waals surface area contributed by atoms with E-state index < -0.39 is 0 Å². The molecule has 2 rings (SSSR count). The van der Waals surface area contributed by atoms with Crippen molar-refractivity contribution in [3.05, 3.63) is 39.8 Å². The predicted octanol–water partition coefficient (Wildman–Crippen LogP) is 1.94. The Bertz CT molecular complexity index is 645. The summed E-state index contributed by atoms with van der Waals surface area (Å²) in [5.41, 5.74) is 8.06. The highest BCUT2D eigenvalue weighted by Crippen LogP contribution is 2.28. The van der Waals surface area contributed by atoms with Gasteiger partial charge in [-0.1, -0.05) is 12.1 Å². The second-order valence-electron chi connectivity index (χ2n) is 4.94. The lowest BCUT2D eigenvalue weighted by molar-refractivity contribution is 0.660. The van der Waals surface area contributed by atoms with Crippen LogP contribution in [-0.2, 0) is 13.0 Å². The Kier molecular flexibility index (Phi) is 4.67. The van der Waals surface area contributed by atoms with E-state index in [1.165, 1.54) is 22.9 Å². The molecule has 0 amide bonds. The number of hydrogen-bond acceptors (Lipinski definition) is 4. The zero-order valence-electron chi connectivity index (χ0n) is 12.0. The number of aromatic nitrogens is 3. The van der Waals surface area contributed by atoms with E-state index in [1.54, 1.807) is 4.57 Å². The van der Waals surface area contributed by atoms with Crippen molar-refractivity contribution in [3.63, 3.8) is 0 Å². The summed E-state index contributed by atoms with van der Waals surface area (Å²) < 4.78 is 1.62. The van der Waals surface area contributed by atoms with Gasteiger partial charge in [0.05, 0.1) is 0 Å². The van der Waals surface area contributed by atoms with Gasteiger partial charge >= 0.3 is 5.69 Å². The molecule has 0 saturated carbocycles. The summed E-state index contributed by atoms with van der Waals surface area (Å²) in [7, 11) is 0. The van der Waals surface area contributed by atoms with Crippen molar-refractivity contribution in [3.8, 4) is 0 Å². The van der Waals surface area contributed by atoms with Crippen LogP contribution in [0.3, 0.4) is 0 Å². The summed E-state index contributed by atoms with van der Waals surface area (Å²) >= 11 is 1.50. The third-order valence-corrected chi connectivity index (χ3v) is 4.21. The molecule has 20 heavy (non-hydrogen) atoms. The van der Waals surface area contributed by atoms with E-state index in [0.717, 1.165) is 11.3 Å². The number of hydrogen-bond donors (Lipinski definition) is 2. The lowest BCUT2D eigenvalue weighted by Gasteiger charge is -2.10. The second-order valence-corrected chi connectivity index (χ2v) is 5.95. The van der Waals surface area contributed by atoms with Gasteiger partial charge in [-0.2, -0.15) is 0 Å². The van der Waals surface area contributed by atoms with Crippen molar-refractivity contribution in [2.75, 3.05) is 0 Å². The molecule has 6 heteroatoms. The highest BCUT2D eigenvalue weighted by molar-refractivity contribution is 7.99. The van der Waals surface area contributed by atoms with Gasteiger partial charge in [0.1, 0.15) is 0 Å². The molecule has 1 aromatic heterocycles. The van der Waals surface area contributed by atoms with Crippen LogP contribution in [0.4, 0.5) is 0 Å². The van der Waals surface area contributed by atoms with Crippen molar-refractivity contribution in [1.82, 2.24) is 14.8 Å². The molecule has 0 bridgehead atoms. The molecule has 1 heterocycles. The quantitative estimate of drug-likeness (QED) is 0.883. The Morgan fingerprint density at radius 3 is 2.85 bits per heavy atom. The van der Waals surface area contributed by atoms with E-state index in [-0.39, 0.29) is 11.7 Å². The number of aromatic amines is 1. The minimum Gasteiger partial charge on any atom is -0.328 e. The third kappa shape index (κ3) is 3.32. The number of rotatable bonds is 5. The smallest absolute Gasteiger partial charge is 0.328 e. The maximum absolute atomic E-state index is 11.5. The van der Waals surface area contributed by atoms with Crippen LogP contribution in [-0.4, -0.2) is 20.8 Å². The zero-order valence-corrected chi connectivity index (χ0v) is 12.8. The summed E-state index contributed by atoms with van der Waals surface area (Å²) in [4.78, 5) is 12.6. The highest BCUT2D eigenvalue weighted by atomic mass is 32.2. The van der Waals surface area contributed by atoms with E-state index >= 15 is 0 Å². The van der Waals surface area contributed by atoms with Crippen LogP contribution in [0, 0.1) is 6.92 Å². The molecule has 2 aromatic rings. The molecular weight excluding hydrogens is 272 g/mol. The molecule has 1 atom stereocenters. The van der Waals surface area contributed by atoms with Crippen LogP contribution in [0.2, 0.25) is 0 Å². The van der Waals surface area contributed by atoms with Gasteiger partial charge in [0.15, 0.2) is 5.16 Å². The van der Waals surface area contributed by atoms with Gasteiger partial charge in [-0.25, -0.2) is 9.89 Å². The topological polar surface area (TPSA) is 76.7 Å². The number of nitrogens with zero attached hydrogens (tertiary/aromatic N) is 2. The Balaban J connectivity index is 2.23. The van der Waals surface area contributed by atoms with Crippen molar-refractivity contribution < 1.29 is 0 Å². The number of nitrogens with one attached hydrogen (secondary N) is 1. The fraction of sp³-hybridized carbons (Fsp3) is 0.429. The molecule has 0 fully saturated rings. The molecule has 5 nitrogen and oxygen atoms in total. The first-order valence-electron chi connectivity index (χ1n) is 6.69. The van der Waals surface area contributed by atoms with Gasteiger partial charge in [0, 0.05) is 17.5 Å². The predicted molar refractivity (Wildman–Crippen MR) is 81.2 cm³/mol. The molecule has 0 spiro atoms.